The van der Waals surface area contributed by atoms with Crippen molar-refractivity contribution in [1.29, 1.82) is 0 Å². The molecule has 0 N–H and O–H groups in total. The number of aromatic nitrogens is 4. The molecule has 0 aliphatic heterocycles. The molecule has 2 heterocycles. The predicted molar refractivity (Wildman–Crippen MR) is 120 cm³/mol. The van der Waals surface area contributed by atoms with Gasteiger partial charge in [-0.15, -0.1) is 0 Å². The average molecular weight is 430 g/mol. The van der Waals surface area contributed by atoms with Gasteiger partial charge in [-0.2, -0.15) is 0 Å². The molecule has 1 fully saturated rings. The molecule has 8 nitrogen and oxygen atoms in total. The lowest BCUT2D eigenvalue weighted by Crippen LogP contribution is -2.40. The Balaban J connectivity index is 1.69. The smallest absolute Gasteiger partial charge is 0.337 e. The zero-order valence-corrected chi connectivity index (χ0v) is 17.8. The summed E-state index contributed by atoms with van der Waals surface area (Å²) >= 11 is 0. The molecule has 2 aromatic carbocycles. The van der Waals surface area contributed by atoms with Crippen molar-refractivity contribution >= 4 is 16.9 Å². The van der Waals surface area contributed by atoms with E-state index < -0.39 is 11.2 Å². The summed E-state index contributed by atoms with van der Waals surface area (Å²) in [6, 6.07) is 14.2. The van der Waals surface area contributed by atoms with Gasteiger partial charge in [-0.1, -0.05) is 30.3 Å². The Labute approximate surface area is 183 Å². The van der Waals surface area contributed by atoms with Crippen molar-refractivity contribution in [2.24, 2.45) is 0 Å². The summed E-state index contributed by atoms with van der Waals surface area (Å²) in [7, 11) is 1.54. The van der Waals surface area contributed by atoms with Crippen molar-refractivity contribution in [2.75, 3.05) is 7.11 Å². The van der Waals surface area contributed by atoms with Crippen molar-refractivity contribution in [2.45, 2.75) is 32.4 Å². The average Bonchev–Trinajstić information content (AvgIpc) is 3.54. The number of imidazole rings is 1. The number of aryl methyl sites for hydroxylation is 1. The Morgan fingerprint density at radius 2 is 1.91 bits per heavy atom. The number of ketones is 1. The standard InChI is InChI=1S/C24H22N4O4/c1-15-6-3-4-9-19(15)28-22-21(23(30)27(24(28)31)17-10-11-17)26(14-25-22)13-20(29)16-7-5-8-18(12-16)32-2/h3-9,12,14,17H,10-11,13H2,1-2H3. The van der Waals surface area contributed by atoms with Crippen LogP contribution in [0.2, 0.25) is 0 Å². The van der Waals surface area contributed by atoms with Crippen molar-refractivity contribution < 1.29 is 9.53 Å². The van der Waals surface area contributed by atoms with E-state index in [2.05, 4.69) is 4.98 Å². The number of fused-ring (bicyclic) bond motifs is 1. The molecular formula is C24H22N4O4. The Morgan fingerprint density at radius 3 is 2.62 bits per heavy atom. The highest BCUT2D eigenvalue weighted by Gasteiger charge is 2.31. The molecule has 8 heteroatoms. The number of carbonyl (C=O) groups excluding carboxylic acids is 1. The van der Waals surface area contributed by atoms with Crippen LogP contribution in [0.15, 0.2) is 64.4 Å². The van der Waals surface area contributed by atoms with Crippen LogP contribution in [-0.2, 0) is 6.54 Å². The van der Waals surface area contributed by atoms with Gasteiger partial charge in [0.05, 0.1) is 25.7 Å². The monoisotopic (exact) mass is 430 g/mol. The van der Waals surface area contributed by atoms with Gasteiger partial charge >= 0.3 is 5.69 Å². The molecule has 0 radical (unpaired) electrons. The van der Waals surface area contributed by atoms with Crippen LogP contribution < -0.4 is 16.0 Å². The van der Waals surface area contributed by atoms with E-state index in [1.807, 2.05) is 31.2 Å². The number of methoxy groups -OCH3 is 1. The van der Waals surface area contributed by atoms with Crippen molar-refractivity contribution in [1.82, 2.24) is 18.7 Å². The summed E-state index contributed by atoms with van der Waals surface area (Å²) in [4.78, 5) is 44.1. The second-order valence-corrected chi connectivity index (χ2v) is 8.01. The quantitative estimate of drug-likeness (QED) is 0.439. The topological polar surface area (TPSA) is 88.1 Å². The van der Waals surface area contributed by atoms with Crippen LogP contribution in [0.25, 0.3) is 16.9 Å². The van der Waals surface area contributed by atoms with Gasteiger partial charge in [0, 0.05) is 11.6 Å². The molecule has 0 bridgehead atoms. The van der Waals surface area contributed by atoms with Crippen molar-refractivity contribution in [3.63, 3.8) is 0 Å². The van der Waals surface area contributed by atoms with E-state index in [1.165, 1.54) is 27.1 Å². The Kier molecular flexibility index (Phi) is 4.77. The first-order valence-corrected chi connectivity index (χ1v) is 10.4. The van der Waals surface area contributed by atoms with E-state index in [4.69, 9.17) is 4.74 Å². The fourth-order valence-electron chi connectivity index (χ4n) is 4.00. The molecule has 1 aliphatic rings. The van der Waals surface area contributed by atoms with Crippen LogP contribution in [0, 0.1) is 6.92 Å². The van der Waals surface area contributed by atoms with Gasteiger partial charge in [-0.25, -0.2) is 14.3 Å². The molecule has 0 amide bonds. The Morgan fingerprint density at radius 1 is 1.12 bits per heavy atom. The Hall–Kier alpha value is -3.94. The van der Waals surface area contributed by atoms with Crippen LogP contribution in [0.4, 0.5) is 0 Å². The number of hydrogen-bond acceptors (Lipinski definition) is 5. The lowest BCUT2D eigenvalue weighted by molar-refractivity contribution is 0.0973. The predicted octanol–water partition coefficient (Wildman–Crippen LogP) is 2.88. The second kappa shape index (κ2) is 7.64. The minimum Gasteiger partial charge on any atom is -0.497 e. The maximum atomic E-state index is 13.4. The number of rotatable bonds is 6. The third-order valence-electron chi connectivity index (χ3n) is 5.82. The molecule has 162 valence electrons. The fraction of sp³-hybridized carbons (Fsp3) is 0.250. The normalized spacial score (nSPS) is 13.4. The van der Waals surface area contributed by atoms with Gasteiger partial charge in [-0.05, 0) is 43.5 Å². The van der Waals surface area contributed by atoms with Gasteiger partial charge in [0.25, 0.3) is 5.56 Å². The van der Waals surface area contributed by atoms with Crippen LogP contribution >= 0.6 is 0 Å². The summed E-state index contributed by atoms with van der Waals surface area (Å²) in [5, 5.41) is 0. The summed E-state index contributed by atoms with van der Waals surface area (Å²) in [5.41, 5.74) is 1.72. The zero-order chi connectivity index (χ0) is 22.4. The van der Waals surface area contributed by atoms with Gasteiger partial charge in [0.2, 0.25) is 0 Å². The van der Waals surface area contributed by atoms with Crippen LogP contribution in [0.3, 0.4) is 0 Å². The number of Topliss-reactive ketones (excluding diaryl/α,β-unsaturated/α-hetero) is 1. The van der Waals surface area contributed by atoms with E-state index in [9.17, 15) is 14.4 Å². The summed E-state index contributed by atoms with van der Waals surface area (Å²) in [6.45, 7) is 1.83. The van der Waals surface area contributed by atoms with Crippen LogP contribution in [-0.4, -0.2) is 31.6 Å². The molecule has 1 aliphatic carbocycles. The Bertz CT molecular complexity index is 1470. The van der Waals surface area contributed by atoms with Crippen molar-refractivity contribution in [3.05, 3.63) is 86.8 Å². The molecule has 1 saturated carbocycles. The van der Waals surface area contributed by atoms with Crippen LogP contribution in [0.1, 0.15) is 34.8 Å². The molecule has 32 heavy (non-hydrogen) atoms. The fourth-order valence-corrected chi connectivity index (χ4v) is 4.00. The molecule has 4 aromatic rings. The number of ether oxygens (including phenoxy) is 1. The van der Waals surface area contributed by atoms with Gasteiger partial charge in [-0.3, -0.25) is 14.2 Å². The lowest BCUT2D eigenvalue weighted by Gasteiger charge is -2.14. The number of hydrogen-bond donors (Lipinski definition) is 0. The highest BCUT2D eigenvalue weighted by molar-refractivity contribution is 5.96. The number of carbonyl (C=O) groups is 1. The second-order valence-electron chi connectivity index (χ2n) is 8.01. The summed E-state index contributed by atoms with van der Waals surface area (Å²) in [5.74, 6) is 0.394. The first-order valence-electron chi connectivity index (χ1n) is 10.4. The molecule has 0 atom stereocenters. The molecular weight excluding hydrogens is 408 g/mol. The van der Waals surface area contributed by atoms with E-state index in [-0.39, 0.29) is 29.5 Å². The number of benzene rings is 2. The lowest BCUT2D eigenvalue weighted by atomic mass is 10.1. The molecule has 2 aromatic heterocycles. The van der Waals surface area contributed by atoms with Crippen molar-refractivity contribution in [3.8, 4) is 11.4 Å². The highest BCUT2D eigenvalue weighted by Crippen LogP contribution is 2.32. The minimum absolute atomic E-state index is 0.0739. The maximum absolute atomic E-state index is 13.4. The molecule has 0 unspecified atom stereocenters. The number of nitrogens with zero attached hydrogens (tertiary/aromatic N) is 4. The first-order chi connectivity index (χ1) is 15.5. The highest BCUT2D eigenvalue weighted by atomic mass is 16.5. The third kappa shape index (κ3) is 3.24. The zero-order valence-electron chi connectivity index (χ0n) is 17.8. The largest absolute Gasteiger partial charge is 0.497 e. The first kappa shape index (κ1) is 20.0. The van der Waals surface area contributed by atoms with E-state index >= 15 is 0 Å². The van der Waals surface area contributed by atoms with Gasteiger partial charge < -0.3 is 9.30 Å². The minimum atomic E-state index is -0.409. The number of para-hydroxylation sites is 1. The van der Waals surface area contributed by atoms with E-state index in [0.29, 0.717) is 17.0 Å². The van der Waals surface area contributed by atoms with Crippen LogP contribution in [0.5, 0.6) is 5.75 Å². The van der Waals surface area contributed by atoms with E-state index in [1.54, 1.807) is 24.3 Å². The SMILES string of the molecule is COc1cccc(C(=O)Cn2cnc3c2c(=O)n(C2CC2)c(=O)n3-c2ccccc2C)c1. The van der Waals surface area contributed by atoms with E-state index in [0.717, 1.165) is 18.4 Å². The summed E-state index contributed by atoms with van der Waals surface area (Å²) < 4.78 is 9.53. The maximum Gasteiger partial charge on any atom is 0.337 e. The molecule has 0 spiro atoms. The molecule has 0 saturated heterocycles. The van der Waals surface area contributed by atoms with Gasteiger partial charge in [0.1, 0.15) is 5.75 Å². The van der Waals surface area contributed by atoms with Gasteiger partial charge in [0.15, 0.2) is 16.9 Å². The summed E-state index contributed by atoms with van der Waals surface area (Å²) in [6.07, 6.45) is 3.02. The third-order valence-corrected chi connectivity index (χ3v) is 5.82. The molecule has 5 rings (SSSR count).